The Morgan fingerprint density at radius 1 is 1.30 bits per heavy atom. The number of aromatic nitrogens is 1. The summed E-state index contributed by atoms with van der Waals surface area (Å²) < 4.78 is 10.6. The van der Waals surface area contributed by atoms with Gasteiger partial charge in [0.05, 0.1) is 12.7 Å². The molecule has 0 saturated heterocycles. The van der Waals surface area contributed by atoms with Crippen molar-refractivity contribution in [3.05, 3.63) is 36.0 Å². The number of hydrogen-bond donors (Lipinski definition) is 1. The van der Waals surface area contributed by atoms with Crippen molar-refractivity contribution in [2.24, 2.45) is 5.92 Å². The quantitative estimate of drug-likeness (QED) is 0.914. The molecule has 1 heterocycles. The number of amides is 1. The first-order valence-electron chi connectivity index (χ1n) is 8.16. The zero-order valence-electron chi connectivity index (χ0n) is 13.4. The van der Waals surface area contributed by atoms with Crippen LogP contribution < -0.4 is 10.1 Å². The van der Waals surface area contributed by atoms with Crippen LogP contribution in [0.2, 0.25) is 0 Å². The second kappa shape index (κ2) is 7.31. The third-order valence-corrected chi connectivity index (χ3v) is 4.39. The minimum absolute atomic E-state index is 0.180. The first-order valence-corrected chi connectivity index (χ1v) is 8.16. The summed E-state index contributed by atoms with van der Waals surface area (Å²) in [4.78, 5) is 12.2. The van der Waals surface area contributed by atoms with Crippen molar-refractivity contribution >= 4 is 5.91 Å². The molecule has 0 aliphatic heterocycles. The molecule has 0 unspecified atom stereocenters. The predicted molar refractivity (Wildman–Crippen MR) is 87.4 cm³/mol. The van der Waals surface area contributed by atoms with Crippen LogP contribution in [0.3, 0.4) is 0 Å². The van der Waals surface area contributed by atoms with Crippen molar-refractivity contribution in [2.45, 2.75) is 32.1 Å². The minimum Gasteiger partial charge on any atom is -0.496 e. The molecule has 23 heavy (non-hydrogen) atoms. The number of para-hydroxylation sites is 1. The fourth-order valence-corrected chi connectivity index (χ4v) is 3.08. The van der Waals surface area contributed by atoms with Crippen LogP contribution in [0.5, 0.6) is 5.75 Å². The second-order valence-electron chi connectivity index (χ2n) is 5.99. The first kappa shape index (κ1) is 15.6. The lowest BCUT2D eigenvalue weighted by Crippen LogP contribution is -2.30. The van der Waals surface area contributed by atoms with Gasteiger partial charge in [0.2, 0.25) is 0 Å². The Morgan fingerprint density at radius 2 is 2.09 bits per heavy atom. The van der Waals surface area contributed by atoms with E-state index in [0.717, 1.165) is 12.1 Å². The van der Waals surface area contributed by atoms with Crippen molar-refractivity contribution < 1.29 is 14.1 Å². The van der Waals surface area contributed by atoms with Crippen LogP contribution in [0.4, 0.5) is 0 Å². The molecule has 1 aliphatic carbocycles. The van der Waals surface area contributed by atoms with Gasteiger partial charge < -0.3 is 14.6 Å². The average molecular weight is 314 g/mol. The number of nitrogens with one attached hydrogen (secondary N) is 1. The maximum Gasteiger partial charge on any atom is 0.273 e. The molecular formula is C18H22N2O3. The van der Waals surface area contributed by atoms with Crippen molar-refractivity contribution in [3.8, 4) is 17.1 Å². The van der Waals surface area contributed by atoms with Crippen molar-refractivity contribution in [1.29, 1.82) is 0 Å². The van der Waals surface area contributed by atoms with Crippen LogP contribution in [-0.4, -0.2) is 24.7 Å². The topological polar surface area (TPSA) is 64.4 Å². The second-order valence-corrected chi connectivity index (χ2v) is 5.99. The minimum atomic E-state index is -0.180. The maximum atomic E-state index is 12.2. The number of nitrogens with zero attached hydrogens (tertiary/aromatic N) is 1. The molecular weight excluding hydrogens is 292 g/mol. The molecule has 3 rings (SSSR count). The van der Waals surface area contributed by atoms with Gasteiger partial charge in [0.15, 0.2) is 11.5 Å². The number of carbonyl (C=O) groups is 1. The molecule has 1 aromatic carbocycles. The van der Waals surface area contributed by atoms with Crippen LogP contribution in [-0.2, 0) is 0 Å². The highest BCUT2D eigenvalue weighted by molar-refractivity contribution is 5.93. The molecule has 1 aromatic heterocycles. The zero-order chi connectivity index (χ0) is 16.1. The van der Waals surface area contributed by atoms with E-state index in [2.05, 4.69) is 10.5 Å². The normalized spacial score (nSPS) is 15.3. The van der Waals surface area contributed by atoms with Crippen LogP contribution in [0.15, 0.2) is 34.9 Å². The van der Waals surface area contributed by atoms with Gasteiger partial charge in [-0.05, 0) is 30.9 Å². The summed E-state index contributed by atoms with van der Waals surface area (Å²) in [7, 11) is 1.60. The Labute approximate surface area is 136 Å². The Kier molecular flexibility index (Phi) is 4.95. The third kappa shape index (κ3) is 3.73. The van der Waals surface area contributed by atoms with Crippen LogP contribution >= 0.6 is 0 Å². The average Bonchev–Trinajstić information content (AvgIpc) is 3.10. The van der Waals surface area contributed by atoms with E-state index in [-0.39, 0.29) is 5.91 Å². The van der Waals surface area contributed by atoms with Gasteiger partial charge in [-0.3, -0.25) is 4.79 Å². The highest BCUT2D eigenvalue weighted by atomic mass is 16.5. The lowest BCUT2D eigenvalue weighted by atomic mass is 9.89. The number of rotatable bonds is 5. The lowest BCUT2D eigenvalue weighted by molar-refractivity contribution is 0.0934. The molecule has 0 spiro atoms. The van der Waals surface area contributed by atoms with Gasteiger partial charge in [0.1, 0.15) is 5.75 Å². The van der Waals surface area contributed by atoms with Crippen molar-refractivity contribution in [3.63, 3.8) is 0 Å². The standard InChI is InChI=1S/C18H22N2O3/c1-22-16-10-6-5-9-14(16)17-11-15(20-23-17)18(21)19-12-13-7-3-2-4-8-13/h5-6,9-11,13H,2-4,7-8,12H2,1H3,(H,19,21). The molecule has 1 aliphatic rings. The molecule has 1 fully saturated rings. The third-order valence-electron chi connectivity index (χ3n) is 4.39. The molecule has 1 saturated carbocycles. The maximum absolute atomic E-state index is 12.2. The molecule has 0 atom stereocenters. The van der Waals surface area contributed by atoms with Crippen LogP contribution in [0, 0.1) is 5.92 Å². The van der Waals surface area contributed by atoms with Gasteiger partial charge in [0.25, 0.3) is 5.91 Å². The fourth-order valence-electron chi connectivity index (χ4n) is 3.08. The lowest BCUT2D eigenvalue weighted by Gasteiger charge is -2.21. The number of benzene rings is 1. The molecule has 0 radical (unpaired) electrons. The Morgan fingerprint density at radius 3 is 2.87 bits per heavy atom. The zero-order valence-corrected chi connectivity index (χ0v) is 13.4. The van der Waals surface area contributed by atoms with E-state index in [4.69, 9.17) is 9.26 Å². The molecule has 122 valence electrons. The van der Waals surface area contributed by atoms with Gasteiger partial charge in [-0.25, -0.2) is 0 Å². The number of methoxy groups -OCH3 is 1. The summed E-state index contributed by atoms with van der Waals surface area (Å²) in [6, 6.07) is 9.16. The van der Waals surface area contributed by atoms with Gasteiger partial charge in [-0.1, -0.05) is 36.6 Å². The monoisotopic (exact) mass is 314 g/mol. The van der Waals surface area contributed by atoms with E-state index in [1.54, 1.807) is 13.2 Å². The first-order chi connectivity index (χ1) is 11.3. The summed E-state index contributed by atoms with van der Waals surface area (Å²) in [6.45, 7) is 0.718. The molecule has 5 heteroatoms. The summed E-state index contributed by atoms with van der Waals surface area (Å²) >= 11 is 0. The molecule has 2 aromatic rings. The summed E-state index contributed by atoms with van der Waals surface area (Å²) in [5, 5.41) is 6.86. The predicted octanol–water partition coefficient (Wildman–Crippen LogP) is 3.66. The van der Waals surface area contributed by atoms with Crippen LogP contribution in [0.25, 0.3) is 11.3 Å². The van der Waals surface area contributed by atoms with Gasteiger partial charge in [-0.2, -0.15) is 0 Å². The highest BCUT2D eigenvalue weighted by Gasteiger charge is 2.18. The number of ether oxygens (including phenoxy) is 1. The smallest absolute Gasteiger partial charge is 0.273 e. The number of carbonyl (C=O) groups excluding carboxylic acids is 1. The van der Waals surface area contributed by atoms with Gasteiger partial charge in [0, 0.05) is 12.6 Å². The van der Waals surface area contributed by atoms with Gasteiger partial charge >= 0.3 is 0 Å². The van der Waals surface area contributed by atoms with Crippen molar-refractivity contribution in [1.82, 2.24) is 10.5 Å². The van der Waals surface area contributed by atoms with E-state index >= 15 is 0 Å². The Balaban J connectivity index is 1.65. The molecule has 1 N–H and O–H groups in total. The van der Waals surface area contributed by atoms with E-state index in [1.165, 1.54) is 32.1 Å². The van der Waals surface area contributed by atoms with E-state index in [9.17, 15) is 4.79 Å². The summed E-state index contributed by atoms with van der Waals surface area (Å²) in [5.41, 5.74) is 1.09. The largest absolute Gasteiger partial charge is 0.496 e. The van der Waals surface area contributed by atoms with E-state index in [1.807, 2.05) is 24.3 Å². The highest BCUT2D eigenvalue weighted by Crippen LogP contribution is 2.30. The fraction of sp³-hybridized carbons (Fsp3) is 0.444. The summed E-state index contributed by atoms with van der Waals surface area (Å²) in [6.07, 6.45) is 6.25. The van der Waals surface area contributed by atoms with E-state index < -0.39 is 0 Å². The van der Waals surface area contributed by atoms with Crippen LogP contribution in [0.1, 0.15) is 42.6 Å². The Bertz CT molecular complexity index is 660. The molecule has 5 nitrogen and oxygen atoms in total. The summed E-state index contributed by atoms with van der Waals surface area (Å²) in [5.74, 6) is 1.64. The van der Waals surface area contributed by atoms with Gasteiger partial charge in [-0.15, -0.1) is 0 Å². The SMILES string of the molecule is COc1ccccc1-c1cc(C(=O)NCC2CCCCC2)no1. The molecule has 1 amide bonds. The van der Waals surface area contributed by atoms with E-state index in [0.29, 0.717) is 23.1 Å². The Hall–Kier alpha value is -2.30. The van der Waals surface area contributed by atoms with Crippen molar-refractivity contribution in [2.75, 3.05) is 13.7 Å². The molecule has 0 bridgehead atoms. The number of hydrogen-bond acceptors (Lipinski definition) is 4.